The van der Waals surface area contributed by atoms with Crippen molar-refractivity contribution in [1.82, 2.24) is 4.90 Å². The summed E-state index contributed by atoms with van der Waals surface area (Å²) in [5, 5.41) is 3.69. The van der Waals surface area contributed by atoms with Crippen molar-refractivity contribution >= 4 is 11.6 Å². The Bertz CT molecular complexity index is 944. The van der Waals surface area contributed by atoms with Crippen molar-refractivity contribution < 1.29 is 9.18 Å². The van der Waals surface area contributed by atoms with Crippen molar-refractivity contribution in [3.05, 3.63) is 77.1 Å². The molecule has 3 atom stereocenters. The largest absolute Gasteiger partial charge is 0.377 e. The first-order chi connectivity index (χ1) is 14.1. The first kappa shape index (κ1) is 18.4. The Balaban J connectivity index is 1.52. The van der Waals surface area contributed by atoms with Crippen LogP contribution in [0.2, 0.25) is 0 Å². The van der Waals surface area contributed by atoms with Gasteiger partial charge in [0.25, 0.3) is 5.91 Å². The minimum Gasteiger partial charge on any atom is -0.377 e. The third-order valence-corrected chi connectivity index (χ3v) is 6.93. The third-order valence-electron chi connectivity index (χ3n) is 6.93. The van der Waals surface area contributed by atoms with E-state index in [1.807, 2.05) is 29.2 Å². The zero-order valence-corrected chi connectivity index (χ0v) is 16.8. The summed E-state index contributed by atoms with van der Waals surface area (Å²) in [4.78, 5) is 15.4. The van der Waals surface area contributed by atoms with Crippen LogP contribution in [-0.4, -0.2) is 23.9 Å². The summed E-state index contributed by atoms with van der Waals surface area (Å²) in [6.45, 7) is 3.92. The van der Waals surface area contributed by atoms with Crippen LogP contribution >= 0.6 is 0 Å². The zero-order chi connectivity index (χ0) is 20.0. The van der Waals surface area contributed by atoms with E-state index in [1.165, 1.54) is 17.7 Å². The van der Waals surface area contributed by atoms with E-state index < -0.39 is 0 Å². The molecule has 150 valence electrons. The Morgan fingerprint density at radius 2 is 1.86 bits per heavy atom. The van der Waals surface area contributed by atoms with Crippen molar-refractivity contribution in [3.8, 4) is 0 Å². The summed E-state index contributed by atoms with van der Waals surface area (Å²) >= 11 is 0. The van der Waals surface area contributed by atoms with Gasteiger partial charge in [-0.3, -0.25) is 4.79 Å². The van der Waals surface area contributed by atoms with Crippen molar-refractivity contribution in [1.29, 1.82) is 0 Å². The summed E-state index contributed by atoms with van der Waals surface area (Å²) in [5.74, 6) is 1.26. The number of halogens is 1. The van der Waals surface area contributed by atoms with Crippen LogP contribution in [0.3, 0.4) is 0 Å². The minimum absolute atomic E-state index is 0.0680. The number of fused-ring (bicyclic) bond motifs is 3. The van der Waals surface area contributed by atoms with Crippen LogP contribution in [0.25, 0.3) is 0 Å². The van der Waals surface area contributed by atoms with Gasteiger partial charge in [0.15, 0.2) is 0 Å². The normalized spacial score (nSPS) is 26.0. The van der Waals surface area contributed by atoms with Gasteiger partial charge in [0.2, 0.25) is 0 Å². The van der Waals surface area contributed by atoms with Crippen LogP contribution < -0.4 is 5.32 Å². The van der Waals surface area contributed by atoms with Crippen LogP contribution in [0.4, 0.5) is 10.1 Å². The molecule has 3 aliphatic rings. The highest BCUT2D eigenvalue weighted by Gasteiger charge is 2.39. The van der Waals surface area contributed by atoms with Gasteiger partial charge in [0.05, 0.1) is 17.3 Å². The standard InChI is InChI=1S/C25H27FN2O/c1-16-12-14-28(15-13-16)25(29)22-7-3-6-21-19-4-2-5-20(19)23(27-24(21)22)17-8-10-18(26)11-9-17/h2-4,6-11,16,19-20,23,27H,5,12-15H2,1H3. The zero-order valence-electron chi connectivity index (χ0n) is 16.8. The monoisotopic (exact) mass is 390 g/mol. The van der Waals surface area contributed by atoms with Gasteiger partial charge in [-0.05, 0) is 60.4 Å². The highest BCUT2D eigenvalue weighted by molar-refractivity contribution is 6.01. The summed E-state index contributed by atoms with van der Waals surface area (Å²) in [7, 11) is 0. The lowest BCUT2D eigenvalue weighted by molar-refractivity contribution is 0.0698. The lowest BCUT2D eigenvalue weighted by atomic mass is 9.76. The molecule has 0 aromatic heterocycles. The maximum absolute atomic E-state index is 13.5. The molecule has 3 nitrogen and oxygen atoms in total. The van der Waals surface area contributed by atoms with E-state index >= 15 is 0 Å². The fourth-order valence-corrected chi connectivity index (χ4v) is 5.18. The Hall–Kier alpha value is -2.62. The fraction of sp³-hybridized carbons (Fsp3) is 0.400. The molecule has 1 aliphatic carbocycles. The molecule has 5 rings (SSSR count). The average Bonchev–Trinajstić information content (AvgIpc) is 3.24. The van der Waals surface area contributed by atoms with E-state index in [0.717, 1.165) is 49.2 Å². The number of hydrogen-bond donors (Lipinski definition) is 1. The quantitative estimate of drug-likeness (QED) is 0.685. The average molecular weight is 391 g/mol. The number of nitrogens with one attached hydrogen (secondary N) is 1. The molecule has 4 heteroatoms. The van der Waals surface area contributed by atoms with E-state index in [0.29, 0.717) is 11.8 Å². The van der Waals surface area contributed by atoms with E-state index in [9.17, 15) is 9.18 Å². The molecule has 1 fully saturated rings. The second kappa shape index (κ2) is 7.33. The molecule has 0 radical (unpaired) electrons. The molecule has 1 saturated heterocycles. The Kier molecular flexibility index (Phi) is 4.65. The molecule has 2 aromatic rings. The molecule has 2 heterocycles. The molecule has 0 spiro atoms. The van der Waals surface area contributed by atoms with E-state index in [4.69, 9.17) is 0 Å². The maximum atomic E-state index is 13.5. The second-order valence-electron chi connectivity index (χ2n) is 8.77. The fourth-order valence-electron chi connectivity index (χ4n) is 5.18. The van der Waals surface area contributed by atoms with Crippen molar-refractivity contribution in [2.45, 2.75) is 38.1 Å². The van der Waals surface area contributed by atoms with Crippen LogP contribution in [0.1, 0.15) is 59.6 Å². The molecular weight excluding hydrogens is 363 g/mol. The molecule has 29 heavy (non-hydrogen) atoms. The number of para-hydroxylation sites is 1. The number of amides is 1. The molecule has 2 aliphatic heterocycles. The number of anilines is 1. The number of nitrogens with zero attached hydrogens (tertiary/aromatic N) is 1. The molecule has 1 amide bonds. The van der Waals surface area contributed by atoms with Gasteiger partial charge in [0.1, 0.15) is 5.82 Å². The molecule has 1 N–H and O–H groups in total. The van der Waals surface area contributed by atoms with Crippen molar-refractivity contribution in [2.75, 3.05) is 18.4 Å². The summed E-state index contributed by atoms with van der Waals surface area (Å²) in [6.07, 6.45) is 7.64. The molecular formula is C25H27FN2O. The first-order valence-electron chi connectivity index (χ1n) is 10.7. The van der Waals surface area contributed by atoms with Crippen molar-refractivity contribution in [2.24, 2.45) is 11.8 Å². The van der Waals surface area contributed by atoms with Gasteiger partial charge in [-0.2, -0.15) is 0 Å². The van der Waals surface area contributed by atoms with Gasteiger partial charge in [-0.25, -0.2) is 4.39 Å². The third kappa shape index (κ3) is 3.25. The Labute approximate surface area is 171 Å². The summed E-state index contributed by atoms with van der Waals surface area (Å²) in [6, 6.07) is 13.0. The van der Waals surface area contributed by atoms with Gasteiger partial charge in [-0.15, -0.1) is 0 Å². The van der Waals surface area contributed by atoms with Crippen LogP contribution in [0.5, 0.6) is 0 Å². The predicted octanol–water partition coefficient (Wildman–Crippen LogP) is 5.52. The predicted molar refractivity (Wildman–Crippen MR) is 113 cm³/mol. The second-order valence-corrected chi connectivity index (χ2v) is 8.77. The van der Waals surface area contributed by atoms with Gasteiger partial charge < -0.3 is 10.2 Å². The Morgan fingerprint density at radius 1 is 1.10 bits per heavy atom. The van der Waals surface area contributed by atoms with Crippen LogP contribution in [0, 0.1) is 17.7 Å². The molecule has 2 aromatic carbocycles. The number of carbonyl (C=O) groups excluding carboxylic acids is 1. The number of rotatable bonds is 2. The lowest BCUT2D eigenvalue weighted by Gasteiger charge is -2.39. The highest BCUT2D eigenvalue weighted by Crippen LogP contribution is 2.50. The minimum atomic E-state index is -0.221. The number of carbonyl (C=O) groups is 1. The van der Waals surface area contributed by atoms with Gasteiger partial charge in [-0.1, -0.05) is 43.3 Å². The first-order valence-corrected chi connectivity index (χ1v) is 10.7. The Morgan fingerprint density at radius 3 is 2.62 bits per heavy atom. The number of hydrogen-bond acceptors (Lipinski definition) is 2. The summed E-state index contributed by atoms with van der Waals surface area (Å²) in [5.41, 5.74) is 4.00. The summed E-state index contributed by atoms with van der Waals surface area (Å²) < 4.78 is 13.5. The number of allylic oxidation sites excluding steroid dienone is 2. The topological polar surface area (TPSA) is 32.3 Å². The van der Waals surface area contributed by atoms with E-state index in [1.54, 1.807) is 0 Å². The van der Waals surface area contributed by atoms with Gasteiger partial charge >= 0.3 is 0 Å². The number of likely N-dealkylation sites (tertiary alicyclic amines) is 1. The molecule has 0 saturated carbocycles. The lowest BCUT2D eigenvalue weighted by Crippen LogP contribution is -2.39. The van der Waals surface area contributed by atoms with E-state index in [-0.39, 0.29) is 23.7 Å². The molecule has 0 bridgehead atoms. The number of benzene rings is 2. The SMILES string of the molecule is CC1CCN(C(=O)c2cccc3c2NC(c2ccc(F)cc2)C2CC=CC32)CC1. The van der Waals surface area contributed by atoms with Crippen LogP contribution in [0.15, 0.2) is 54.6 Å². The highest BCUT2D eigenvalue weighted by atomic mass is 19.1. The van der Waals surface area contributed by atoms with Crippen molar-refractivity contribution in [3.63, 3.8) is 0 Å². The van der Waals surface area contributed by atoms with Crippen LogP contribution in [-0.2, 0) is 0 Å². The molecule has 3 unspecified atom stereocenters. The number of piperidine rings is 1. The maximum Gasteiger partial charge on any atom is 0.255 e. The smallest absolute Gasteiger partial charge is 0.255 e. The van der Waals surface area contributed by atoms with Gasteiger partial charge in [0, 0.05) is 19.0 Å². The van der Waals surface area contributed by atoms with E-state index in [2.05, 4.69) is 30.5 Å².